The number of allylic oxidation sites excluding steroid dienone is 1. The first-order chi connectivity index (χ1) is 17.7. The summed E-state index contributed by atoms with van der Waals surface area (Å²) in [6, 6.07) is 15.9. The highest BCUT2D eigenvalue weighted by Gasteiger charge is 2.19. The van der Waals surface area contributed by atoms with Gasteiger partial charge in [-0.05, 0) is 53.6 Å². The molecule has 0 saturated heterocycles. The molecule has 0 aliphatic carbocycles. The fourth-order valence-corrected chi connectivity index (χ4v) is 4.89. The van der Waals surface area contributed by atoms with Crippen LogP contribution in [0.15, 0.2) is 83.8 Å². The lowest BCUT2D eigenvalue weighted by Gasteiger charge is -2.11. The second kappa shape index (κ2) is 10.9. The standard InChI is InChI=1S/C26H25FN4O5S/c1-36-21-7-5-17(6-8-21)14-30-37(34,35)22-4-2-3-18(11-22)23-12-19(26(32)33)13-24-25(23)29-16-31(24)15-20(27)9-10-28/h2-9,11-13,16,30H,10,14-15,28H2,1H3,(H,32,33)/b20-9-. The van der Waals surface area contributed by atoms with Crippen LogP contribution in [0.3, 0.4) is 0 Å². The third kappa shape index (κ3) is 5.85. The predicted octanol–water partition coefficient (Wildman–Crippen LogP) is 3.70. The SMILES string of the molecule is COc1ccc(CNS(=O)(=O)c2cccc(-c3cc(C(=O)O)cc4c3ncn4C/C(F)=C/CN)c2)cc1. The van der Waals surface area contributed by atoms with Crippen molar-refractivity contribution < 1.29 is 27.4 Å². The summed E-state index contributed by atoms with van der Waals surface area (Å²) in [6.07, 6.45) is 2.63. The first-order valence-corrected chi connectivity index (χ1v) is 12.7. The molecule has 0 unspecified atom stereocenters. The van der Waals surface area contributed by atoms with Gasteiger partial charge in [0.25, 0.3) is 0 Å². The van der Waals surface area contributed by atoms with Gasteiger partial charge in [0.2, 0.25) is 10.0 Å². The van der Waals surface area contributed by atoms with Crippen LogP contribution in [0.5, 0.6) is 5.75 Å². The molecule has 0 bridgehead atoms. The minimum atomic E-state index is -3.89. The van der Waals surface area contributed by atoms with E-state index >= 15 is 0 Å². The first-order valence-electron chi connectivity index (χ1n) is 11.2. The Hall–Kier alpha value is -4.06. The number of nitrogens with zero attached hydrogens (tertiary/aromatic N) is 2. The van der Waals surface area contributed by atoms with E-state index in [4.69, 9.17) is 10.5 Å². The number of methoxy groups -OCH3 is 1. The molecule has 4 aromatic rings. The van der Waals surface area contributed by atoms with E-state index in [1.807, 2.05) is 0 Å². The Kier molecular flexibility index (Phi) is 7.67. The third-order valence-corrected chi connectivity index (χ3v) is 7.11. The lowest BCUT2D eigenvalue weighted by Crippen LogP contribution is -2.23. The summed E-state index contributed by atoms with van der Waals surface area (Å²) in [5, 5.41) is 9.66. The molecule has 9 nitrogen and oxygen atoms in total. The highest BCUT2D eigenvalue weighted by Crippen LogP contribution is 2.31. The highest BCUT2D eigenvalue weighted by atomic mass is 32.2. The van der Waals surface area contributed by atoms with Gasteiger partial charge in [-0.3, -0.25) is 0 Å². The van der Waals surface area contributed by atoms with E-state index in [9.17, 15) is 22.7 Å². The summed E-state index contributed by atoms with van der Waals surface area (Å²) in [5.41, 5.74) is 7.73. The minimum Gasteiger partial charge on any atom is -0.497 e. The molecule has 192 valence electrons. The van der Waals surface area contributed by atoms with Gasteiger partial charge in [-0.2, -0.15) is 0 Å². The molecule has 1 heterocycles. The Balaban J connectivity index is 1.70. The van der Waals surface area contributed by atoms with Crippen molar-refractivity contribution in [1.82, 2.24) is 14.3 Å². The summed E-state index contributed by atoms with van der Waals surface area (Å²) >= 11 is 0. The van der Waals surface area contributed by atoms with Crippen LogP contribution in [-0.4, -0.2) is 42.7 Å². The predicted molar refractivity (Wildman–Crippen MR) is 137 cm³/mol. The molecule has 11 heteroatoms. The fraction of sp³-hybridized carbons (Fsp3) is 0.154. The maximum absolute atomic E-state index is 14.1. The van der Waals surface area contributed by atoms with E-state index in [0.717, 1.165) is 5.56 Å². The Morgan fingerprint density at radius 3 is 2.62 bits per heavy atom. The number of aromatic nitrogens is 2. The zero-order chi connectivity index (χ0) is 26.6. The third-order valence-electron chi connectivity index (χ3n) is 5.71. The minimum absolute atomic E-state index is 0.00347. The number of sulfonamides is 1. The molecular weight excluding hydrogens is 499 g/mol. The first kappa shape index (κ1) is 26.0. The van der Waals surface area contributed by atoms with Gasteiger partial charge in [0.05, 0.1) is 41.5 Å². The van der Waals surface area contributed by atoms with Crippen molar-refractivity contribution in [1.29, 1.82) is 0 Å². The van der Waals surface area contributed by atoms with Crippen molar-refractivity contribution in [2.24, 2.45) is 5.73 Å². The number of carboxylic acid groups (broad SMARTS) is 1. The fourth-order valence-electron chi connectivity index (χ4n) is 3.82. The Bertz CT molecular complexity index is 1580. The Labute approximate surface area is 213 Å². The number of rotatable bonds is 10. The maximum Gasteiger partial charge on any atom is 0.335 e. The molecule has 0 saturated carbocycles. The molecule has 0 atom stereocenters. The van der Waals surface area contributed by atoms with Crippen LogP contribution in [0.2, 0.25) is 0 Å². The number of halogens is 1. The number of hydrogen-bond acceptors (Lipinski definition) is 6. The van der Waals surface area contributed by atoms with Crippen LogP contribution in [0.4, 0.5) is 4.39 Å². The van der Waals surface area contributed by atoms with Gasteiger partial charge >= 0.3 is 5.97 Å². The quantitative estimate of drug-likeness (QED) is 0.288. The molecule has 3 aromatic carbocycles. The topological polar surface area (TPSA) is 137 Å². The summed E-state index contributed by atoms with van der Waals surface area (Å²) < 4.78 is 49.4. The van der Waals surface area contributed by atoms with Crippen LogP contribution in [0.1, 0.15) is 15.9 Å². The van der Waals surface area contributed by atoms with Crippen LogP contribution >= 0.6 is 0 Å². The van der Waals surface area contributed by atoms with Crippen LogP contribution < -0.4 is 15.2 Å². The van der Waals surface area contributed by atoms with Crippen molar-refractivity contribution >= 4 is 27.0 Å². The number of fused-ring (bicyclic) bond motifs is 1. The monoisotopic (exact) mass is 524 g/mol. The van der Waals surface area contributed by atoms with E-state index in [2.05, 4.69) is 9.71 Å². The van der Waals surface area contributed by atoms with Gasteiger partial charge in [0.15, 0.2) is 0 Å². The van der Waals surface area contributed by atoms with E-state index in [0.29, 0.717) is 27.9 Å². The summed E-state index contributed by atoms with van der Waals surface area (Å²) in [7, 11) is -2.35. The molecule has 0 spiro atoms. The van der Waals surface area contributed by atoms with Crippen molar-refractivity contribution in [3.05, 3.63) is 90.0 Å². The summed E-state index contributed by atoms with van der Waals surface area (Å²) in [6.45, 7) is -0.0701. The Morgan fingerprint density at radius 1 is 1.19 bits per heavy atom. The molecule has 0 fully saturated rings. The van der Waals surface area contributed by atoms with E-state index in [1.54, 1.807) is 43.5 Å². The highest BCUT2D eigenvalue weighted by molar-refractivity contribution is 7.89. The zero-order valence-corrected chi connectivity index (χ0v) is 20.7. The van der Waals surface area contributed by atoms with Crippen molar-refractivity contribution in [2.45, 2.75) is 18.0 Å². The normalized spacial score (nSPS) is 12.1. The number of hydrogen-bond donors (Lipinski definition) is 3. The van der Waals surface area contributed by atoms with Crippen molar-refractivity contribution in [3.63, 3.8) is 0 Å². The molecule has 37 heavy (non-hydrogen) atoms. The number of ether oxygens (including phenoxy) is 1. The van der Waals surface area contributed by atoms with Gasteiger partial charge in [-0.15, -0.1) is 0 Å². The number of imidazole rings is 1. The Morgan fingerprint density at radius 2 is 1.95 bits per heavy atom. The van der Waals surface area contributed by atoms with E-state index in [1.165, 1.54) is 41.2 Å². The van der Waals surface area contributed by atoms with Gasteiger partial charge in [0, 0.05) is 18.7 Å². The molecule has 4 N–H and O–H groups in total. The number of carbonyl (C=O) groups is 1. The lowest BCUT2D eigenvalue weighted by molar-refractivity contribution is 0.0697. The second-order valence-corrected chi connectivity index (χ2v) is 9.92. The van der Waals surface area contributed by atoms with Crippen molar-refractivity contribution in [3.8, 4) is 16.9 Å². The number of carboxylic acids is 1. The molecule has 0 aliphatic rings. The van der Waals surface area contributed by atoms with E-state index in [-0.39, 0.29) is 30.1 Å². The number of benzene rings is 3. The molecule has 1 aromatic heterocycles. The number of nitrogens with two attached hydrogens (primary N) is 1. The molecule has 0 amide bonds. The van der Waals surface area contributed by atoms with Gasteiger partial charge in [0.1, 0.15) is 11.6 Å². The van der Waals surface area contributed by atoms with Crippen LogP contribution in [-0.2, 0) is 23.1 Å². The average Bonchev–Trinajstić information content (AvgIpc) is 3.30. The van der Waals surface area contributed by atoms with E-state index < -0.39 is 21.8 Å². The molecular formula is C26H25FN4O5S. The summed E-state index contributed by atoms with van der Waals surface area (Å²) in [4.78, 5) is 16.2. The smallest absolute Gasteiger partial charge is 0.335 e. The van der Waals surface area contributed by atoms with Gasteiger partial charge < -0.3 is 20.1 Å². The van der Waals surface area contributed by atoms with Gasteiger partial charge in [-0.1, -0.05) is 24.3 Å². The largest absolute Gasteiger partial charge is 0.497 e. The zero-order valence-electron chi connectivity index (χ0n) is 19.9. The lowest BCUT2D eigenvalue weighted by atomic mass is 10.0. The van der Waals surface area contributed by atoms with Crippen LogP contribution in [0, 0.1) is 0 Å². The van der Waals surface area contributed by atoms with Crippen LogP contribution in [0.25, 0.3) is 22.2 Å². The number of aromatic carboxylic acids is 1. The summed E-state index contributed by atoms with van der Waals surface area (Å²) in [5.74, 6) is -1.01. The second-order valence-electron chi connectivity index (χ2n) is 8.16. The number of nitrogens with one attached hydrogen (secondary N) is 1. The molecule has 0 radical (unpaired) electrons. The molecule has 0 aliphatic heterocycles. The van der Waals surface area contributed by atoms with Crippen molar-refractivity contribution in [2.75, 3.05) is 13.7 Å². The average molecular weight is 525 g/mol. The maximum atomic E-state index is 14.1. The molecule has 4 rings (SSSR count). The van der Waals surface area contributed by atoms with Gasteiger partial charge in [-0.25, -0.2) is 27.3 Å².